The van der Waals surface area contributed by atoms with E-state index in [9.17, 15) is 4.79 Å². The van der Waals surface area contributed by atoms with E-state index in [0.717, 1.165) is 50.7 Å². The van der Waals surface area contributed by atoms with Gasteiger partial charge in [0.2, 0.25) is 5.91 Å². The lowest BCUT2D eigenvalue weighted by atomic mass is 10.1. The van der Waals surface area contributed by atoms with Crippen LogP contribution in [0.15, 0.2) is 54.6 Å². The molecule has 1 aliphatic heterocycles. The highest BCUT2D eigenvalue weighted by Crippen LogP contribution is 2.17. The molecular formula is C24H33N3O3. The molecule has 0 bridgehead atoms. The average molecular weight is 412 g/mol. The quantitative estimate of drug-likeness (QED) is 0.651. The van der Waals surface area contributed by atoms with Crippen molar-refractivity contribution in [3.05, 3.63) is 65.7 Å². The Kier molecular flexibility index (Phi) is 8.68. The van der Waals surface area contributed by atoms with Crippen LogP contribution >= 0.6 is 0 Å². The largest absolute Gasteiger partial charge is 0.496 e. The molecule has 1 aliphatic rings. The summed E-state index contributed by atoms with van der Waals surface area (Å²) < 4.78 is 10.8. The first-order valence-corrected chi connectivity index (χ1v) is 10.6. The molecule has 1 N–H and O–H groups in total. The Morgan fingerprint density at radius 3 is 2.57 bits per heavy atom. The number of amides is 1. The summed E-state index contributed by atoms with van der Waals surface area (Å²) in [5, 5.41) is 3.05. The normalized spacial score (nSPS) is 15.7. The van der Waals surface area contributed by atoms with Crippen molar-refractivity contribution in [1.29, 1.82) is 0 Å². The summed E-state index contributed by atoms with van der Waals surface area (Å²) in [6.45, 7) is 8.15. The van der Waals surface area contributed by atoms with Crippen LogP contribution in [0.3, 0.4) is 0 Å². The predicted molar refractivity (Wildman–Crippen MR) is 118 cm³/mol. The SMILES string of the molecule is COc1ccccc1CNC(=O)CN(Cc1ccccc1)C(C)CN1CCOCC1. The van der Waals surface area contributed by atoms with E-state index in [1.807, 2.05) is 42.5 Å². The van der Waals surface area contributed by atoms with E-state index in [-0.39, 0.29) is 11.9 Å². The fourth-order valence-corrected chi connectivity index (χ4v) is 3.74. The van der Waals surface area contributed by atoms with Crippen molar-refractivity contribution in [3.8, 4) is 5.75 Å². The van der Waals surface area contributed by atoms with Gasteiger partial charge in [0.05, 0.1) is 26.9 Å². The molecule has 1 atom stereocenters. The van der Waals surface area contributed by atoms with E-state index in [0.29, 0.717) is 13.1 Å². The summed E-state index contributed by atoms with van der Waals surface area (Å²) in [6, 6.07) is 18.3. The molecule has 0 aliphatic carbocycles. The van der Waals surface area contributed by atoms with Gasteiger partial charge >= 0.3 is 0 Å². The van der Waals surface area contributed by atoms with Crippen LogP contribution in [-0.2, 0) is 22.6 Å². The number of rotatable bonds is 10. The van der Waals surface area contributed by atoms with Gasteiger partial charge in [0.15, 0.2) is 0 Å². The third-order valence-electron chi connectivity index (χ3n) is 5.49. The van der Waals surface area contributed by atoms with Gasteiger partial charge in [-0.25, -0.2) is 0 Å². The molecule has 0 aromatic heterocycles. The minimum Gasteiger partial charge on any atom is -0.496 e. The van der Waals surface area contributed by atoms with E-state index in [1.165, 1.54) is 5.56 Å². The summed E-state index contributed by atoms with van der Waals surface area (Å²) in [7, 11) is 1.65. The molecule has 1 saturated heterocycles. The Labute approximate surface area is 179 Å². The minimum absolute atomic E-state index is 0.0191. The van der Waals surface area contributed by atoms with Crippen molar-refractivity contribution in [3.63, 3.8) is 0 Å². The summed E-state index contributed by atoms with van der Waals surface area (Å²) >= 11 is 0. The zero-order valence-electron chi connectivity index (χ0n) is 18.0. The highest BCUT2D eigenvalue weighted by Gasteiger charge is 2.21. The van der Waals surface area contributed by atoms with Crippen molar-refractivity contribution in [2.75, 3.05) is 46.5 Å². The van der Waals surface area contributed by atoms with Crippen LogP contribution in [0, 0.1) is 0 Å². The molecule has 30 heavy (non-hydrogen) atoms. The Balaban J connectivity index is 1.60. The second-order valence-electron chi connectivity index (χ2n) is 7.74. The van der Waals surface area contributed by atoms with E-state index in [1.54, 1.807) is 7.11 Å². The second-order valence-corrected chi connectivity index (χ2v) is 7.74. The summed E-state index contributed by atoms with van der Waals surface area (Å²) in [6.07, 6.45) is 0. The molecule has 162 valence electrons. The van der Waals surface area contributed by atoms with E-state index >= 15 is 0 Å². The number of hydrogen-bond acceptors (Lipinski definition) is 5. The van der Waals surface area contributed by atoms with E-state index in [4.69, 9.17) is 9.47 Å². The molecule has 6 heteroatoms. The fraction of sp³-hybridized carbons (Fsp3) is 0.458. The number of nitrogens with one attached hydrogen (secondary N) is 1. The Morgan fingerprint density at radius 2 is 1.83 bits per heavy atom. The molecule has 1 heterocycles. The standard InChI is InChI=1S/C24H33N3O3/c1-20(17-26-12-14-30-15-13-26)27(18-21-8-4-3-5-9-21)19-24(28)25-16-22-10-6-7-11-23(22)29-2/h3-11,20H,12-19H2,1-2H3,(H,25,28). The molecular weight excluding hydrogens is 378 g/mol. The molecule has 3 rings (SSSR count). The minimum atomic E-state index is 0.0191. The van der Waals surface area contributed by atoms with Crippen molar-refractivity contribution in [2.45, 2.75) is 26.1 Å². The number of methoxy groups -OCH3 is 1. The van der Waals surface area contributed by atoms with Crippen LogP contribution in [0.25, 0.3) is 0 Å². The number of ether oxygens (including phenoxy) is 2. The van der Waals surface area contributed by atoms with Crippen LogP contribution in [0.4, 0.5) is 0 Å². The number of benzene rings is 2. The maximum Gasteiger partial charge on any atom is 0.234 e. The molecule has 0 saturated carbocycles. The van der Waals surface area contributed by atoms with Crippen LogP contribution in [0.5, 0.6) is 5.75 Å². The third-order valence-corrected chi connectivity index (χ3v) is 5.49. The number of para-hydroxylation sites is 1. The number of carbonyl (C=O) groups excluding carboxylic acids is 1. The average Bonchev–Trinajstić information content (AvgIpc) is 2.79. The third kappa shape index (κ3) is 6.83. The molecule has 6 nitrogen and oxygen atoms in total. The van der Waals surface area contributed by atoms with Crippen molar-refractivity contribution < 1.29 is 14.3 Å². The van der Waals surface area contributed by atoms with Crippen molar-refractivity contribution in [1.82, 2.24) is 15.1 Å². The lowest BCUT2D eigenvalue weighted by Gasteiger charge is -2.34. The number of morpholine rings is 1. The summed E-state index contributed by atoms with van der Waals surface area (Å²) in [5.74, 6) is 0.810. The van der Waals surface area contributed by atoms with Gasteiger partial charge in [-0.15, -0.1) is 0 Å². The molecule has 2 aromatic carbocycles. The van der Waals surface area contributed by atoms with Gasteiger partial charge in [0, 0.05) is 44.3 Å². The second kappa shape index (κ2) is 11.7. The van der Waals surface area contributed by atoms with Gasteiger partial charge in [-0.2, -0.15) is 0 Å². The first-order chi connectivity index (χ1) is 14.7. The van der Waals surface area contributed by atoms with Crippen LogP contribution in [-0.4, -0.2) is 68.3 Å². The number of nitrogens with zero attached hydrogens (tertiary/aromatic N) is 2. The maximum atomic E-state index is 12.8. The monoisotopic (exact) mass is 411 g/mol. The lowest BCUT2D eigenvalue weighted by molar-refractivity contribution is -0.123. The smallest absolute Gasteiger partial charge is 0.234 e. The van der Waals surface area contributed by atoms with Gasteiger partial charge in [-0.05, 0) is 18.6 Å². The van der Waals surface area contributed by atoms with Crippen LogP contribution in [0.2, 0.25) is 0 Å². The maximum absolute atomic E-state index is 12.8. The number of carbonyl (C=O) groups is 1. The highest BCUT2D eigenvalue weighted by atomic mass is 16.5. The topological polar surface area (TPSA) is 54.0 Å². The van der Waals surface area contributed by atoms with Gasteiger partial charge in [-0.3, -0.25) is 14.6 Å². The molecule has 0 radical (unpaired) electrons. The lowest BCUT2D eigenvalue weighted by Crippen LogP contribution is -2.48. The molecule has 1 fully saturated rings. The molecule has 2 aromatic rings. The molecule has 1 unspecified atom stereocenters. The molecule has 0 spiro atoms. The van der Waals surface area contributed by atoms with Gasteiger partial charge in [-0.1, -0.05) is 48.5 Å². The number of hydrogen-bond donors (Lipinski definition) is 1. The van der Waals surface area contributed by atoms with Crippen molar-refractivity contribution >= 4 is 5.91 Å². The van der Waals surface area contributed by atoms with E-state index < -0.39 is 0 Å². The zero-order chi connectivity index (χ0) is 21.2. The Bertz CT molecular complexity index is 778. The van der Waals surface area contributed by atoms with Crippen LogP contribution in [0.1, 0.15) is 18.1 Å². The van der Waals surface area contributed by atoms with Crippen molar-refractivity contribution in [2.24, 2.45) is 0 Å². The zero-order valence-corrected chi connectivity index (χ0v) is 18.0. The first kappa shape index (κ1) is 22.3. The van der Waals surface area contributed by atoms with Gasteiger partial charge in [0.1, 0.15) is 5.75 Å². The fourth-order valence-electron chi connectivity index (χ4n) is 3.74. The van der Waals surface area contributed by atoms with Gasteiger partial charge in [0.25, 0.3) is 0 Å². The first-order valence-electron chi connectivity index (χ1n) is 10.6. The van der Waals surface area contributed by atoms with Gasteiger partial charge < -0.3 is 14.8 Å². The Morgan fingerprint density at radius 1 is 1.13 bits per heavy atom. The molecule has 1 amide bonds. The summed E-state index contributed by atoms with van der Waals surface area (Å²) in [5.41, 5.74) is 2.19. The summed E-state index contributed by atoms with van der Waals surface area (Å²) in [4.78, 5) is 17.5. The predicted octanol–water partition coefficient (Wildman–Crippen LogP) is 2.53. The van der Waals surface area contributed by atoms with Crippen LogP contribution < -0.4 is 10.1 Å². The Hall–Kier alpha value is -2.41. The van der Waals surface area contributed by atoms with E-state index in [2.05, 4.69) is 34.2 Å². The highest BCUT2D eigenvalue weighted by molar-refractivity contribution is 5.78.